The van der Waals surface area contributed by atoms with Crippen molar-refractivity contribution in [1.82, 2.24) is 4.98 Å². The zero-order valence-corrected chi connectivity index (χ0v) is 16.4. The topological polar surface area (TPSA) is 94.3 Å². The Labute approximate surface area is 165 Å². The predicted octanol–water partition coefficient (Wildman–Crippen LogP) is 3.48. The normalized spacial score (nSPS) is 11.2. The quantitative estimate of drug-likeness (QED) is 0.607. The summed E-state index contributed by atoms with van der Waals surface area (Å²) in [4.78, 5) is 4.41. The zero-order chi connectivity index (χ0) is 20.0. The molecule has 0 atom stereocenters. The SMILES string of the molecule is CCc1ccc(NCc2ccccc2OCc2ccccn2)cc1S(N)(=O)=O. The molecule has 3 aromatic rings. The van der Waals surface area contributed by atoms with Crippen molar-refractivity contribution in [3.8, 4) is 5.75 Å². The van der Waals surface area contributed by atoms with Gasteiger partial charge in [-0.3, -0.25) is 4.98 Å². The Morgan fingerprint density at radius 3 is 2.54 bits per heavy atom. The van der Waals surface area contributed by atoms with E-state index in [1.807, 2.05) is 55.5 Å². The fourth-order valence-electron chi connectivity index (χ4n) is 2.84. The molecule has 6 nitrogen and oxygen atoms in total. The highest BCUT2D eigenvalue weighted by atomic mass is 32.2. The Hall–Kier alpha value is -2.90. The largest absolute Gasteiger partial charge is 0.487 e. The van der Waals surface area contributed by atoms with E-state index < -0.39 is 10.0 Å². The van der Waals surface area contributed by atoms with E-state index >= 15 is 0 Å². The second kappa shape index (κ2) is 8.86. The van der Waals surface area contributed by atoms with E-state index in [-0.39, 0.29) is 4.90 Å². The number of primary sulfonamides is 1. The van der Waals surface area contributed by atoms with Gasteiger partial charge in [0.1, 0.15) is 12.4 Å². The number of anilines is 1. The van der Waals surface area contributed by atoms with Gasteiger partial charge in [0, 0.05) is 24.0 Å². The Morgan fingerprint density at radius 1 is 1.04 bits per heavy atom. The lowest BCUT2D eigenvalue weighted by atomic mass is 10.1. The monoisotopic (exact) mass is 397 g/mol. The fourth-order valence-corrected chi connectivity index (χ4v) is 3.71. The molecule has 0 bridgehead atoms. The molecular weight excluding hydrogens is 374 g/mol. The van der Waals surface area contributed by atoms with Crippen molar-refractivity contribution in [1.29, 1.82) is 0 Å². The van der Waals surface area contributed by atoms with E-state index in [0.29, 0.717) is 30.8 Å². The molecule has 0 amide bonds. The number of rotatable bonds is 8. The van der Waals surface area contributed by atoms with Crippen LogP contribution in [0.1, 0.15) is 23.7 Å². The van der Waals surface area contributed by atoms with Gasteiger partial charge in [0.2, 0.25) is 10.0 Å². The summed E-state index contributed by atoms with van der Waals surface area (Å²) in [6.45, 7) is 2.75. The molecule has 3 N–H and O–H groups in total. The number of sulfonamides is 1. The molecule has 0 radical (unpaired) electrons. The summed E-state index contributed by atoms with van der Waals surface area (Å²) in [5.41, 5.74) is 3.18. The number of hydrogen-bond acceptors (Lipinski definition) is 5. The van der Waals surface area contributed by atoms with E-state index in [0.717, 1.165) is 17.0 Å². The van der Waals surface area contributed by atoms with Crippen LogP contribution in [0.3, 0.4) is 0 Å². The Morgan fingerprint density at radius 2 is 1.82 bits per heavy atom. The first-order valence-electron chi connectivity index (χ1n) is 8.97. The van der Waals surface area contributed by atoms with Gasteiger partial charge in [-0.1, -0.05) is 37.3 Å². The van der Waals surface area contributed by atoms with Crippen LogP contribution in [-0.4, -0.2) is 13.4 Å². The van der Waals surface area contributed by atoms with E-state index in [9.17, 15) is 8.42 Å². The molecule has 0 unspecified atom stereocenters. The summed E-state index contributed by atoms with van der Waals surface area (Å²) < 4.78 is 29.6. The van der Waals surface area contributed by atoms with Crippen molar-refractivity contribution in [3.05, 3.63) is 83.7 Å². The van der Waals surface area contributed by atoms with Gasteiger partial charge in [-0.2, -0.15) is 0 Å². The van der Waals surface area contributed by atoms with Crippen LogP contribution >= 0.6 is 0 Å². The van der Waals surface area contributed by atoms with E-state index in [2.05, 4.69) is 10.3 Å². The molecule has 0 aliphatic heterocycles. The predicted molar refractivity (Wildman–Crippen MR) is 110 cm³/mol. The minimum Gasteiger partial charge on any atom is -0.487 e. The standard InChI is InChI=1S/C21H23N3O3S/c1-2-16-10-11-18(13-21(16)28(22,25)26)24-14-17-7-3-4-9-20(17)27-15-19-8-5-6-12-23-19/h3-13,24H,2,14-15H2,1H3,(H2,22,25,26). The first-order valence-corrected chi connectivity index (χ1v) is 10.5. The molecule has 0 fully saturated rings. The van der Waals surface area contributed by atoms with E-state index in [1.54, 1.807) is 18.3 Å². The summed E-state index contributed by atoms with van der Waals surface area (Å²) in [6.07, 6.45) is 2.32. The van der Waals surface area contributed by atoms with Crippen LogP contribution in [0.15, 0.2) is 71.8 Å². The maximum atomic E-state index is 11.8. The minimum atomic E-state index is -3.77. The van der Waals surface area contributed by atoms with Crippen LogP contribution in [0.4, 0.5) is 5.69 Å². The number of nitrogens with one attached hydrogen (secondary N) is 1. The van der Waals surface area contributed by atoms with Gasteiger partial charge in [-0.05, 0) is 42.3 Å². The molecule has 3 rings (SSSR count). The third kappa shape index (κ3) is 5.09. The number of hydrogen-bond donors (Lipinski definition) is 2. The highest BCUT2D eigenvalue weighted by Crippen LogP contribution is 2.23. The average molecular weight is 398 g/mol. The van der Waals surface area contributed by atoms with Gasteiger partial charge in [0.05, 0.1) is 10.6 Å². The first-order chi connectivity index (χ1) is 13.5. The van der Waals surface area contributed by atoms with Crippen LogP contribution in [0, 0.1) is 0 Å². The maximum Gasteiger partial charge on any atom is 0.238 e. The second-order valence-electron chi connectivity index (χ2n) is 6.29. The molecule has 0 aliphatic carbocycles. The maximum absolute atomic E-state index is 11.8. The second-order valence-corrected chi connectivity index (χ2v) is 7.82. The minimum absolute atomic E-state index is 0.152. The Balaban J connectivity index is 1.73. The molecule has 1 heterocycles. The van der Waals surface area contributed by atoms with E-state index in [4.69, 9.17) is 9.88 Å². The lowest BCUT2D eigenvalue weighted by Crippen LogP contribution is -2.15. The Kier molecular flexibility index (Phi) is 6.28. The number of aryl methyl sites for hydroxylation is 1. The lowest BCUT2D eigenvalue weighted by Gasteiger charge is -2.14. The van der Waals surface area contributed by atoms with Crippen molar-refractivity contribution < 1.29 is 13.2 Å². The highest BCUT2D eigenvalue weighted by Gasteiger charge is 2.14. The third-order valence-corrected chi connectivity index (χ3v) is 5.30. The molecular formula is C21H23N3O3S. The fraction of sp³-hybridized carbons (Fsp3) is 0.190. The third-order valence-electron chi connectivity index (χ3n) is 4.31. The summed E-state index contributed by atoms with van der Waals surface area (Å²) >= 11 is 0. The number of nitrogens with two attached hydrogens (primary N) is 1. The molecule has 146 valence electrons. The van der Waals surface area contributed by atoms with Crippen LogP contribution < -0.4 is 15.2 Å². The molecule has 0 saturated heterocycles. The van der Waals surface area contributed by atoms with Gasteiger partial charge in [-0.15, -0.1) is 0 Å². The van der Waals surface area contributed by atoms with Crippen molar-refractivity contribution >= 4 is 15.7 Å². The Bertz CT molecular complexity index is 1040. The van der Waals surface area contributed by atoms with Gasteiger partial charge >= 0.3 is 0 Å². The van der Waals surface area contributed by atoms with E-state index in [1.165, 1.54) is 0 Å². The molecule has 28 heavy (non-hydrogen) atoms. The number of pyridine rings is 1. The van der Waals surface area contributed by atoms with Crippen LogP contribution in [0.2, 0.25) is 0 Å². The average Bonchev–Trinajstić information content (AvgIpc) is 2.71. The van der Waals surface area contributed by atoms with Crippen molar-refractivity contribution in [2.45, 2.75) is 31.4 Å². The summed E-state index contributed by atoms with van der Waals surface area (Å²) in [7, 11) is -3.77. The number of benzene rings is 2. The first kappa shape index (κ1) is 19.9. The molecule has 0 spiro atoms. The van der Waals surface area contributed by atoms with Crippen molar-refractivity contribution in [2.75, 3.05) is 5.32 Å². The van der Waals surface area contributed by atoms with Crippen molar-refractivity contribution in [3.63, 3.8) is 0 Å². The number of aromatic nitrogens is 1. The number of ether oxygens (including phenoxy) is 1. The van der Waals surface area contributed by atoms with Crippen molar-refractivity contribution in [2.24, 2.45) is 5.14 Å². The summed E-state index contributed by atoms with van der Waals surface area (Å²) in [5.74, 6) is 0.748. The smallest absolute Gasteiger partial charge is 0.238 e. The summed E-state index contributed by atoms with van der Waals surface area (Å²) in [6, 6.07) is 18.6. The lowest BCUT2D eigenvalue weighted by molar-refractivity contribution is 0.298. The number of para-hydroxylation sites is 1. The van der Waals surface area contributed by atoms with Gasteiger partial charge in [-0.25, -0.2) is 13.6 Å². The van der Waals surface area contributed by atoms with Crippen LogP contribution in [0.5, 0.6) is 5.75 Å². The van der Waals surface area contributed by atoms with Crippen LogP contribution in [0.25, 0.3) is 0 Å². The molecule has 7 heteroatoms. The molecule has 1 aromatic heterocycles. The zero-order valence-electron chi connectivity index (χ0n) is 15.6. The van der Waals surface area contributed by atoms with Gasteiger partial charge < -0.3 is 10.1 Å². The highest BCUT2D eigenvalue weighted by molar-refractivity contribution is 7.89. The number of nitrogens with zero attached hydrogens (tertiary/aromatic N) is 1. The summed E-state index contributed by atoms with van der Waals surface area (Å²) in [5, 5.41) is 8.59. The van der Waals surface area contributed by atoms with Crippen LogP contribution in [-0.2, 0) is 29.6 Å². The molecule has 0 aliphatic rings. The van der Waals surface area contributed by atoms with Gasteiger partial charge in [0.15, 0.2) is 0 Å². The molecule has 0 saturated carbocycles. The van der Waals surface area contributed by atoms with Gasteiger partial charge in [0.25, 0.3) is 0 Å². The molecule has 2 aromatic carbocycles.